The number of aryl methyl sites for hydroxylation is 1. The van der Waals surface area contributed by atoms with Gasteiger partial charge >= 0.3 is 0 Å². The molecule has 0 aliphatic carbocycles. The van der Waals surface area contributed by atoms with Crippen LogP contribution < -0.4 is 4.74 Å². The molecule has 5 nitrogen and oxygen atoms in total. The Morgan fingerprint density at radius 1 is 0.689 bits per heavy atom. The van der Waals surface area contributed by atoms with E-state index >= 15 is 0 Å². The topological polar surface area (TPSA) is 36.9 Å². The van der Waals surface area contributed by atoms with E-state index in [0.29, 0.717) is 11.5 Å². The van der Waals surface area contributed by atoms with Crippen molar-refractivity contribution in [3.05, 3.63) is 121 Å². The van der Waals surface area contributed by atoms with E-state index in [1.165, 1.54) is 11.1 Å². The average Bonchev–Trinajstić information content (AvgIpc) is 3.51. The van der Waals surface area contributed by atoms with E-state index < -0.39 is 0 Å². The summed E-state index contributed by atoms with van der Waals surface area (Å²) in [5.41, 5.74) is 7.53. The van der Waals surface area contributed by atoms with E-state index in [0.717, 1.165) is 44.3 Å². The molecule has 3 heterocycles. The van der Waals surface area contributed by atoms with Crippen molar-refractivity contribution < 1.29 is 25.8 Å². The number of fused-ring (bicyclic) bond motifs is 4. The maximum absolute atomic E-state index is 6.60. The number of para-hydroxylation sites is 3. The monoisotopic (exact) mass is 772 g/mol. The van der Waals surface area contributed by atoms with Crippen LogP contribution in [0.3, 0.4) is 0 Å². The van der Waals surface area contributed by atoms with Crippen molar-refractivity contribution in [1.29, 1.82) is 0 Å². The molecule has 0 fully saturated rings. The van der Waals surface area contributed by atoms with Crippen LogP contribution in [0.2, 0.25) is 0 Å². The van der Waals surface area contributed by atoms with Crippen molar-refractivity contribution in [3.63, 3.8) is 0 Å². The second-order valence-electron chi connectivity index (χ2n) is 13.6. The maximum Gasteiger partial charge on any atom is 0.188 e. The zero-order valence-corrected chi connectivity index (χ0v) is 29.0. The van der Waals surface area contributed by atoms with Gasteiger partial charge in [0.15, 0.2) is 17.4 Å². The van der Waals surface area contributed by atoms with E-state index in [2.05, 4.69) is 160 Å². The molecule has 0 aliphatic heterocycles. The van der Waals surface area contributed by atoms with Gasteiger partial charge in [-0.25, -0.2) is 14.1 Å². The van der Waals surface area contributed by atoms with Crippen molar-refractivity contribution >= 4 is 32.8 Å². The van der Waals surface area contributed by atoms with Gasteiger partial charge in [-0.15, -0.1) is 29.1 Å². The summed E-state index contributed by atoms with van der Waals surface area (Å²) in [6, 6.07) is 36.7. The van der Waals surface area contributed by atoms with Crippen LogP contribution in [0.25, 0.3) is 44.3 Å². The van der Waals surface area contributed by atoms with Gasteiger partial charge < -0.3 is 9.30 Å². The zero-order chi connectivity index (χ0) is 30.8. The second kappa shape index (κ2) is 11.3. The van der Waals surface area contributed by atoms with Crippen LogP contribution in [0.1, 0.15) is 52.7 Å². The first kappa shape index (κ1) is 30.8. The molecule has 3 aromatic heterocycles. The van der Waals surface area contributed by atoms with Crippen LogP contribution in [0.5, 0.6) is 11.5 Å². The third-order valence-corrected chi connectivity index (χ3v) is 8.38. The molecular formula is C39H37N4OPt-. The minimum absolute atomic E-state index is 0. The van der Waals surface area contributed by atoms with Gasteiger partial charge in [0.1, 0.15) is 5.82 Å². The summed E-state index contributed by atoms with van der Waals surface area (Å²) in [6.07, 6.45) is 4.00. The number of rotatable bonds is 4. The molecule has 7 aromatic rings. The first-order valence-electron chi connectivity index (χ1n) is 15.1. The normalized spacial score (nSPS) is 12.2. The van der Waals surface area contributed by atoms with Crippen LogP contribution in [0, 0.1) is 12.1 Å². The third kappa shape index (κ3) is 5.59. The molecule has 0 atom stereocenters. The Morgan fingerprint density at radius 2 is 1.38 bits per heavy atom. The molecule has 7 rings (SSSR count). The van der Waals surface area contributed by atoms with Crippen molar-refractivity contribution in [1.82, 2.24) is 18.7 Å². The van der Waals surface area contributed by atoms with Gasteiger partial charge in [-0.2, -0.15) is 6.07 Å². The van der Waals surface area contributed by atoms with Crippen molar-refractivity contribution in [2.45, 2.75) is 52.4 Å². The summed E-state index contributed by atoms with van der Waals surface area (Å²) in [7, 11) is 2.07. The first-order valence-corrected chi connectivity index (χ1v) is 15.1. The fourth-order valence-electron chi connectivity index (χ4n) is 5.90. The van der Waals surface area contributed by atoms with Gasteiger partial charge in [0.05, 0.1) is 0 Å². The zero-order valence-electron chi connectivity index (χ0n) is 26.8. The molecule has 0 bridgehead atoms. The van der Waals surface area contributed by atoms with Gasteiger partial charge in [-0.1, -0.05) is 77.4 Å². The molecule has 0 amide bonds. The Labute approximate surface area is 279 Å². The Balaban J connectivity index is 0.00000357. The largest absolute Gasteiger partial charge is 0.508 e. The van der Waals surface area contributed by atoms with E-state index in [4.69, 9.17) is 9.72 Å². The van der Waals surface area contributed by atoms with Crippen LogP contribution in [0.4, 0.5) is 0 Å². The van der Waals surface area contributed by atoms with Crippen LogP contribution in [-0.2, 0) is 38.9 Å². The predicted molar refractivity (Wildman–Crippen MR) is 180 cm³/mol. The number of aromatic nitrogens is 4. The molecule has 230 valence electrons. The molecule has 0 aliphatic rings. The van der Waals surface area contributed by atoms with Crippen molar-refractivity contribution in [2.24, 2.45) is 7.05 Å². The molecular weight excluding hydrogens is 736 g/mol. The summed E-state index contributed by atoms with van der Waals surface area (Å²) in [5.74, 6) is 2.15. The van der Waals surface area contributed by atoms with E-state index in [1.807, 2.05) is 12.3 Å². The molecule has 0 N–H and O–H groups in total. The van der Waals surface area contributed by atoms with Crippen molar-refractivity contribution in [3.8, 4) is 23.0 Å². The Bertz CT molecular complexity index is 2190. The number of nitrogens with zero attached hydrogens (tertiary/aromatic N) is 4. The van der Waals surface area contributed by atoms with E-state index in [1.54, 1.807) is 0 Å². The van der Waals surface area contributed by atoms with Gasteiger partial charge in [0, 0.05) is 69.1 Å². The maximum atomic E-state index is 6.60. The summed E-state index contributed by atoms with van der Waals surface area (Å²) >= 11 is 0. The van der Waals surface area contributed by atoms with Gasteiger partial charge in [-0.3, -0.25) is 0 Å². The molecule has 0 radical (unpaired) electrons. The SMILES string of the molecule is Cn1[cH+]n(-c2[c-]c(Oc3[c-]c4c(cc3)c3ccccc3n4-c3cc(C(C)(C)C)ccn3)cc(C(C)(C)C)c2)c2ccccc21.[Pt]. The molecule has 0 saturated heterocycles. The number of hydrogen-bond donors (Lipinski definition) is 0. The minimum atomic E-state index is -0.0864. The minimum Gasteiger partial charge on any atom is -0.508 e. The number of hydrogen-bond acceptors (Lipinski definition) is 2. The number of ether oxygens (including phenoxy) is 1. The average molecular weight is 773 g/mol. The fraction of sp³-hybridized carbons (Fsp3) is 0.231. The standard InChI is InChI=1S/C39H37N4O.Pt/c1-38(2,3)26-18-19-40-37(22-26)43-33-13-9-8-12-31(33)32-17-16-29(24-36(32)43)44-30-21-27(39(4,5)6)20-28(23-30)42-25-41(7)34-14-10-11-15-35(34)42;/h8-22,25H,1-7H3;/q-1;. The summed E-state index contributed by atoms with van der Waals surface area (Å²) in [4.78, 5) is 4.81. The van der Waals surface area contributed by atoms with Gasteiger partial charge in [0.25, 0.3) is 0 Å². The Kier molecular flexibility index (Phi) is 7.73. The predicted octanol–water partition coefficient (Wildman–Crippen LogP) is 9.73. The van der Waals surface area contributed by atoms with E-state index in [-0.39, 0.29) is 31.9 Å². The molecule has 0 unspecified atom stereocenters. The van der Waals surface area contributed by atoms with Gasteiger partial charge in [0.2, 0.25) is 0 Å². The third-order valence-electron chi connectivity index (χ3n) is 8.38. The first-order chi connectivity index (χ1) is 21.0. The summed E-state index contributed by atoms with van der Waals surface area (Å²) in [5, 5.41) is 2.26. The van der Waals surface area contributed by atoms with Crippen molar-refractivity contribution in [2.75, 3.05) is 0 Å². The molecule has 0 spiro atoms. The second-order valence-corrected chi connectivity index (χ2v) is 13.6. The number of benzene rings is 4. The van der Waals surface area contributed by atoms with Crippen LogP contribution in [0.15, 0.2) is 97.5 Å². The van der Waals surface area contributed by atoms with Crippen LogP contribution in [-0.4, -0.2) is 18.7 Å². The molecule has 0 saturated carbocycles. The Morgan fingerprint density at radius 3 is 2.11 bits per heavy atom. The summed E-state index contributed by atoms with van der Waals surface area (Å²) in [6.45, 7) is 13.3. The summed E-state index contributed by atoms with van der Waals surface area (Å²) < 4.78 is 13.1. The smallest absolute Gasteiger partial charge is 0.188 e. The number of imidazole rings is 1. The Hall–Kier alpha value is -4.21. The number of pyridine rings is 1. The quantitative estimate of drug-likeness (QED) is 0.167. The molecule has 45 heavy (non-hydrogen) atoms. The molecule has 4 aromatic carbocycles. The van der Waals surface area contributed by atoms with Gasteiger partial charge in [-0.05, 0) is 52.1 Å². The van der Waals surface area contributed by atoms with Crippen LogP contribution >= 0.6 is 0 Å². The van der Waals surface area contributed by atoms with E-state index in [9.17, 15) is 0 Å². The molecule has 6 heteroatoms. The fourth-order valence-corrected chi connectivity index (χ4v) is 5.90.